The molecule has 138 valence electrons. The van der Waals surface area contributed by atoms with Crippen molar-refractivity contribution >= 4 is 16.9 Å². The Bertz CT molecular complexity index is 1050. The number of aromatic nitrogens is 4. The number of nitrogens with one attached hydrogen (secondary N) is 1. The zero-order valence-electron chi connectivity index (χ0n) is 15.0. The largest absolute Gasteiger partial charge is 0.377 e. The van der Waals surface area contributed by atoms with Crippen molar-refractivity contribution < 1.29 is 4.74 Å². The fourth-order valence-electron chi connectivity index (χ4n) is 3.95. The molecule has 0 bridgehead atoms. The van der Waals surface area contributed by atoms with Gasteiger partial charge in [0.1, 0.15) is 11.9 Å². The monoisotopic (exact) mass is 363 g/mol. The molecule has 7 heteroatoms. The number of ether oxygens (including phenoxy) is 1. The highest BCUT2D eigenvalue weighted by Crippen LogP contribution is 2.23. The summed E-state index contributed by atoms with van der Waals surface area (Å²) in [6, 6.07) is 9.28. The molecule has 7 nitrogen and oxygen atoms in total. The molecule has 0 saturated carbocycles. The molecule has 0 amide bonds. The highest BCUT2D eigenvalue weighted by molar-refractivity contribution is 5.75. The summed E-state index contributed by atoms with van der Waals surface area (Å²) >= 11 is 0. The molecule has 0 spiro atoms. The predicted octanol–water partition coefficient (Wildman–Crippen LogP) is 2.12. The Morgan fingerprint density at radius 3 is 2.89 bits per heavy atom. The van der Waals surface area contributed by atoms with E-state index in [0.717, 1.165) is 48.0 Å². The van der Waals surface area contributed by atoms with Crippen molar-refractivity contribution in [2.45, 2.75) is 37.8 Å². The first-order valence-corrected chi connectivity index (χ1v) is 9.45. The summed E-state index contributed by atoms with van der Waals surface area (Å²) in [5, 5.41) is 8.08. The van der Waals surface area contributed by atoms with E-state index in [1.165, 1.54) is 0 Å². The van der Waals surface area contributed by atoms with E-state index in [-0.39, 0.29) is 17.6 Å². The van der Waals surface area contributed by atoms with E-state index in [0.29, 0.717) is 19.0 Å². The second-order valence-electron chi connectivity index (χ2n) is 7.21. The van der Waals surface area contributed by atoms with E-state index in [1.807, 2.05) is 24.3 Å². The van der Waals surface area contributed by atoms with Gasteiger partial charge in [0.05, 0.1) is 42.2 Å². The Balaban J connectivity index is 1.44. The van der Waals surface area contributed by atoms with Crippen LogP contribution in [0.25, 0.3) is 11.0 Å². The summed E-state index contributed by atoms with van der Waals surface area (Å²) in [7, 11) is 0. The van der Waals surface area contributed by atoms with Crippen LogP contribution in [0, 0.1) is 0 Å². The van der Waals surface area contributed by atoms with Gasteiger partial charge in [-0.1, -0.05) is 12.1 Å². The van der Waals surface area contributed by atoms with E-state index < -0.39 is 0 Å². The number of para-hydroxylation sites is 2. The van der Waals surface area contributed by atoms with Crippen molar-refractivity contribution in [2.24, 2.45) is 0 Å². The minimum absolute atomic E-state index is 0.0532. The Labute approximate surface area is 156 Å². The van der Waals surface area contributed by atoms with Gasteiger partial charge in [0.25, 0.3) is 5.56 Å². The van der Waals surface area contributed by atoms with Crippen molar-refractivity contribution in [1.29, 1.82) is 0 Å². The van der Waals surface area contributed by atoms with E-state index in [4.69, 9.17) is 4.74 Å². The maximum atomic E-state index is 12.6. The van der Waals surface area contributed by atoms with Crippen LogP contribution in [-0.4, -0.2) is 39.0 Å². The van der Waals surface area contributed by atoms with Crippen molar-refractivity contribution in [2.75, 3.05) is 18.5 Å². The molecule has 0 radical (unpaired) electrons. The minimum atomic E-state index is -0.155. The molecule has 2 unspecified atom stereocenters. The number of hydrogen-bond acceptors (Lipinski definition) is 6. The SMILES string of the molecule is O=c1cc2c(nn1C1COCC1Nc1cnc3ccccc3n1)CCCC2. The summed E-state index contributed by atoms with van der Waals surface area (Å²) in [6.45, 7) is 0.967. The molecule has 27 heavy (non-hydrogen) atoms. The molecule has 1 aliphatic carbocycles. The summed E-state index contributed by atoms with van der Waals surface area (Å²) in [6.07, 6.45) is 5.88. The van der Waals surface area contributed by atoms with Gasteiger partial charge in [0, 0.05) is 6.07 Å². The summed E-state index contributed by atoms with van der Waals surface area (Å²) in [5.74, 6) is 0.681. The van der Waals surface area contributed by atoms with Crippen LogP contribution >= 0.6 is 0 Å². The topological polar surface area (TPSA) is 81.9 Å². The molecule has 2 aliphatic rings. The van der Waals surface area contributed by atoms with Gasteiger partial charge in [0.15, 0.2) is 0 Å². The van der Waals surface area contributed by atoms with Crippen LogP contribution in [0.15, 0.2) is 41.3 Å². The van der Waals surface area contributed by atoms with Gasteiger partial charge < -0.3 is 10.1 Å². The third-order valence-corrected chi connectivity index (χ3v) is 5.38. The first-order valence-electron chi connectivity index (χ1n) is 9.45. The van der Waals surface area contributed by atoms with Crippen molar-refractivity contribution in [1.82, 2.24) is 19.7 Å². The number of benzene rings is 1. The van der Waals surface area contributed by atoms with Crippen LogP contribution in [-0.2, 0) is 17.6 Å². The van der Waals surface area contributed by atoms with Crippen LogP contribution < -0.4 is 10.9 Å². The number of hydrogen-bond donors (Lipinski definition) is 1. The fourth-order valence-corrected chi connectivity index (χ4v) is 3.95. The molecule has 1 aromatic carbocycles. The minimum Gasteiger partial charge on any atom is -0.377 e. The molecule has 5 rings (SSSR count). The Kier molecular flexibility index (Phi) is 4.09. The average molecular weight is 363 g/mol. The van der Waals surface area contributed by atoms with Gasteiger partial charge >= 0.3 is 0 Å². The van der Waals surface area contributed by atoms with E-state index >= 15 is 0 Å². The Hall–Kier alpha value is -2.80. The maximum Gasteiger partial charge on any atom is 0.267 e. The van der Waals surface area contributed by atoms with Gasteiger partial charge in [-0.05, 0) is 43.4 Å². The lowest BCUT2D eigenvalue weighted by molar-refractivity contribution is 0.182. The highest BCUT2D eigenvalue weighted by Gasteiger charge is 2.32. The Morgan fingerprint density at radius 2 is 1.96 bits per heavy atom. The van der Waals surface area contributed by atoms with Gasteiger partial charge in [0.2, 0.25) is 0 Å². The summed E-state index contributed by atoms with van der Waals surface area (Å²) < 4.78 is 7.27. The van der Waals surface area contributed by atoms with Crippen LogP contribution in [0.2, 0.25) is 0 Å². The predicted molar refractivity (Wildman–Crippen MR) is 102 cm³/mol. The number of rotatable bonds is 3. The second-order valence-corrected chi connectivity index (χ2v) is 7.21. The van der Waals surface area contributed by atoms with E-state index in [9.17, 15) is 4.79 Å². The van der Waals surface area contributed by atoms with Gasteiger partial charge in [-0.2, -0.15) is 5.10 Å². The van der Waals surface area contributed by atoms with Crippen molar-refractivity contribution in [3.63, 3.8) is 0 Å². The normalized spacial score (nSPS) is 21.9. The van der Waals surface area contributed by atoms with Crippen LogP contribution in [0.4, 0.5) is 5.82 Å². The quantitative estimate of drug-likeness (QED) is 0.768. The van der Waals surface area contributed by atoms with Crippen molar-refractivity contribution in [3.8, 4) is 0 Å². The molecule has 3 heterocycles. The Morgan fingerprint density at radius 1 is 1.11 bits per heavy atom. The molecule has 2 atom stereocenters. The zero-order chi connectivity index (χ0) is 18.2. The summed E-state index contributed by atoms with van der Waals surface area (Å²) in [4.78, 5) is 21.7. The first kappa shape index (κ1) is 16.4. The standard InChI is InChI=1S/C20H21N5O2/c26-20-9-13-5-1-2-6-14(13)24-25(20)18-12-27-11-17(18)23-19-10-21-15-7-3-4-8-16(15)22-19/h3-4,7-10,17-18H,1-2,5-6,11-12H2,(H,22,23). The molecule has 1 fully saturated rings. The van der Waals surface area contributed by atoms with Gasteiger partial charge in [-0.25, -0.2) is 9.67 Å². The van der Waals surface area contributed by atoms with Crippen LogP contribution in [0.3, 0.4) is 0 Å². The molecular weight excluding hydrogens is 342 g/mol. The molecular formula is C20H21N5O2. The van der Waals surface area contributed by atoms with Crippen LogP contribution in [0.1, 0.15) is 30.1 Å². The lowest BCUT2D eigenvalue weighted by Gasteiger charge is -2.23. The van der Waals surface area contributed by atoms with Gasteiger partial charge in [-0.3, -0.25) is 9.78 Å². The zero-order valence-corrected chi connectivity index (χ0v) is 15.0. The van der Waals surface area contributed by atoms with Crippen LogP contribution in [0.5, 0.6) is 0 Å². The lowest BCUT2D eigenvalue weighted by atomic mass is 9.97. The fraction of sp³-hybridized carbons (Fsp3) is 0.400. The van der Waals surface area contributed by atoms with Gasteiger partial charge in [-0.15, -0.1) is 0 Å². The first-order chi connectivity index (χ1) is 13.3. The number of fused-ring (bicyclic) bond motifs is 2. The lowest BCUT2D eigenvalue weighted by Crippen LogP contribution is -2.38. The number of anilines is 1. The maximum absolute atomic E-state index is 12.6. The second kappa shape index (κ2) is 6.74. The molecule has 3 aromatic rings. The van der Waals surface area contributed by atoms with E-state index in [2.05, 4.69) is 20.4 Å². The smallest absolute Gasteiger partial charge is 0.267 e. The van der Waals surface area contributed by atoms with Crippen molar-refractivity contribution in [3.05, 3.63) is 58.1 Å². The summed E-state index contributed by atoms with van der Waals surface area (Å²) in [5.41, 5.74) is 3.79. The molecule has 2 aromatic heterocycles. The third-order valence-electron chi connectivity index (χ3n) is 5.38. The number of aryl methyl sites for hydroxylation is 2. The molecule has 1 N–H and O–H groups in total. The average Bonchev–Trinajstić information content (AvgIpc) is 3.15. The molecule has 1 aliphatic heterocycles. The molecule has 1 saturated heterocycles. The third kappa shape index (κ3) is 3.08. The van der Waals surface area contributed by atoms with E-state index in [1.54, 1.807) is 16.9 Å². The highest BCUT2D eigenvalue weighted by atomic mass is 16.5. The number of nitrogens with zero attached hydrogens (tertiary/aromatic N) is 4.